The molecule has 3 heterocycles. The monoisotopic (exact) mass is 291 g/mol. The molecule has 3 rings (SSSR count). The molecule has 0 unspecified atom stereocenters. The van der Waals surface area contributed by atoms with Crippen molar-refractivity contribution in [2.24, 2.45) is 0 Å². The highest BCUT2D eigenvalue weighted by molar-refractivity contribution is 8.00. The topological polar surface area (TPSA) is 55.1 Å². The van der Waals surface area contributed by atoms with E-state index in [1.807, 2.05) is 37.5 Å². The number of fused-ring (bicyclic) bond motifs is 1. The first-order chi connectivity index (χ1) is 9.36. The molecule has 0 fully saturated rings. The molecule has 0 atom stereocenters. The normalized spacial score (nSPS) is 11.0. The van der Waals surface area contributed by atoms with E-state index in [4.69, 9.17) is 0 Å². The van der Waals surface area contributed by atoms with Crippen LogP contribution in [0.25, 0.3) is 5.65 Å². The van der Waals surface area contributed by atoms with Crippen molar-refractivity contribution in [3.63, 3.8) is 0 Å². The van der Waals surface area contributed by atoms with E-state index >= 15 is 0 Å². The largest absolute Gasteiger partial charge is 0.360 e. The third kappa shape index (κ3) is 2.71. The summed E-state index contributed by atoms with van der Waals surface area (Å²) in [5.74, 6) is 0.839. The highest BCUT2D eigenvalue weighted by atomic mass is 32.2. The van der Waals surface area contributed by atoms with Gasteiger partial charge in [-0.1, -0.05) is 29.2 Å². The summed E-state index contributed by atoms with van der Waals surface area (Å²) >= 11 is 3.27. The maximum Gasteiger partial charge on any atom is 0.206 e. The Morgan fingerprint density at radius 3 is 3.21 bits per heavy atom. The molecule has 0 aliphatic heterocycles. The van der Waals surface area contributed by atoms with Crippen LogP contribution in [0.4, 0.5) is 5.13 Å². The first kappa shape index (κ1) is 12.4. The molecule has 0 aliphatic carbocycles. The third-order valence-corrected chi connectivity index (χ3v) is 4.62. The number of pyridine rings is 1. The van der Waals surface area contributed by atoms with Gasteiger partial charge in [0.2, 0.25) is 5.13 Å². The molecule has 5 nitrogen and oxygen atoms in total. The zero-order valence-corrected chi connectivity index (χ0v) is 12.0. The van der Waals surface area contributed by atoms with E-state index in [-0.39, 0.29) is 0 Å². The van der Waals surface area contributed by atoms with Gasteiger partial charge in [0.15, 0.2) is 4.34 Å². The minimum atomic E-state index is 0.839. The Hall–Kier alpha value is -1.60. The minimum absolute atomic E-state index is 0.839. The second kappa shape index (κ2) is 5.58. The van der Waals surface area contributed by atoms with Gasteiger partial charge in [0.05, 0.1) is 11.9 Å². The van der Waals surface area contributed by atoms with Gasteiger partial charge in [-0.25, -0.2) is 4.98 Å². The summed E-state index contributed by atoms with van der Waals surface area (Å²) in [6, 6.07) is 6.01. The van der Waals surface area contributed by atoms with Crippen molar-refractivity contribution in [3.8, 4) is 0 Å². The molecular formula is C12H13N5S2. The van der Waals surface area contributed by atoms with Gasteiger partial charge in [-0.05, 0) is 19.1 Å². The van der Waals surface area contributed by atoms with E-state index in [9.17, 15) is 0 Å². The van der Waals surface area contributed by atoms with Crippen molar-refractivity contribution in [2.45, 2.75) is 17.0 Å². The summed E-state index contributed by atoms with van der Waals surface area (Å²) in [4.78, 5) is 4.37. The summed E-state index contributed by atoms with van der Waals surface area (Å²) in [6.45, 7) is 2.92. The molecule has 0 spiro atoms. The number of thioether (sulfide) groups is 1. The number of anilines is 1. The van der Waals surface area contributed by atoms with Crippen LogP contribution in [0.2, 0.25) is 0 Å². The predicted octanol–water partition coefficient (Wildman–Crippen LogP) is 2.91. The highest BCUT2D eigenvalue weighted by Crippen LogP contribution is 2.28. The van der Waals surface area contributed by atoms with E-state index < -0.39 is 0 Å². The van der Waals surface area contributed by atoms with Crippen molar-refractivity contribution in [2.75, 3.05) is 11.9 Å². The van der Waals surface area contributed by atoms with Crippen LogP contribution < -0.4 is 5.32 Å². The predicted molar refractivity (Wildman–Crippen MR) is 78.8 cm³/mol. The van der Waals surface area contributed by atoms with Crippen molar-refractivity contribution in [3.05, 3.63) is 36.3 Å². The Morgan fingerprint density at radius 2 is 2.32 bits per heavy atom. The zero-order valence-electron chi connectivity index (χ0n) is 10.4. The van der Waals surface area contributed by atoms with Crippen molar-refractivity contribution in [1.29, 1.82) is 0 Å². The maximum absolute atomic E-state index is 4.37. The van der Waals surface area contributed by atoms with Crippen molar-refractivity contribution >= 4 is 33.9 Å². The average Bonchev–Trinajstić information content (AvgIpc) is 3.04. The van der Waals surface area contributed by atoms with Gasteiger partial charge in [0.25, 0.3) is 0 Å². The quantitative estimate of drug-likeness (QED) is 0.733. The first-order valence-corrected chi connectivity index (χ1v) is 7.78. The van der Waals surface area contributed by atoms with Gasteiger partial charge >= 0.3 is 0 Å². The number of nitrogens with zero attached hydrogens (tertiary/aromatic N) is 4. The molecule has 7 heteroatoms. The Labute approximate surface area is 119 Å². The van der Waals surface area contributed by atoms with Crippen LogP contribution in [0.5, 0.6) is 0 Å². The molecule has 19 heavy (non-hydrogen) atoms. The van der Waals surface area contributed by atoms with Gasteiger partial charge in [0, 0.05) is 18.5 Å². The summed E-state index contributed by atoms with van der Waals surface area (Å²) < 4.78 is 3.07. The molecule has 0 bridgehead atoms. The second-order valence-corrected chi connectivity index (χ2v) is 6.07. The fourth-order valence-corrected chi connectivity index (χ4v) is 3.50. The molecule has 0 amide bonds. The fraction of sp³-hybridized carbons (Fsp3) is 0.250. The Bertz CT molecular complexity index is 675. The number of hydrogen-bond acceptors (Lipinski definition) is 6. The molecule has 0 aliphatic rings. The van der Waals surface area contributed by atoms with Crippen LogP contribution in [0.3, 0.4) is 0 Å². The molecule has 1 N–H and O–H groups in total. The smallest absolute Gasteiger partial charge is 0.206 e. The van der Waals surface area contributed by atoms with Crippen molar-refractivity contribution < 1.29 is 0 Å². The number of hydrogen-bond donors (Lipinski definition) is 1. The van der Waals surface area contributed by atoms with Gasteiger partial charge in [-0.3, -0.25) is 0 Å². The number of rotatable bonds is 5. The second-order valence-electron chi connectivity index (χ2n) is 3.87. The van der Waals surface area contributed by atoms with Crippen LogP contribution in [-0.2, 0) is 5.75 Å². The lowest BCUT2D eigenvalue weighted by molar-refractivity contribution is 0.999. The van der Waals surface area contributed by atoms with E-state index in [1.54, 1.807) is 23.1 Å². The van der Waals surface area contributed by atoms with Crippen molar-refractivity contribution in [1.82, 2.24) is 19.6 Å². The first-order valence-electron chi connectivity index (χ1n) is 5.98. The lowest BCUT2D eigenvalue weighted by Crippen LogP contribution is -1.94. The average molecular weight is 291 g/mol. The third-order valence-electron chi connectivity index (χ3n) is 2.57. The molecule has 0 saturated heterocycles. The summed E-state index contributed by atoms with van der Waals surface area (Å²) in [7, 11) is 0. The molecule has 3 aromatic heterocycles. The Morgan fingerprint density at radius 1 is 1.37 bits per heavy atom. The van der Waals surface area contributed by atoms with Crippen LogP contribution in [-0.4, -0.2) is 26.1 Å². The number of imidazole rings is 1. The Kier molecular flexibility index (Phi) is 3.65. The van der Waals surface area contributed by atoms with E-state index in [0.29, 0.717) is 0 Å². The summed E-state index contributed by atoms with van der Waals surface area (Å²) in [6.07, 6.45) is 3.94. The molecule has 0 saturated carbocycles. The Balaban J connectivity index is 1.71. The fourth-order valence-electron chi connectivity index (χ4n) is 1.72. The van der Waals surface area contributed by atoms with Crippen LogP contribution in [0, 0.1) is 0 Å². The van der Waals surface area contributed by atoms with Gasteiger partial charge in [0.1, 0.15) is 5.65 Å². The lowest BCUT2D eigenvalue weighted by atomic mass is 10.4. The molecular weight excluding hydrogens is 278 g/mol. The van der Waals surface area contributed by atoms with Crippen LogP contribution in [0.15, 0.2) is 34.9 Å². The highest BCUT2D eigenvalue weighted by Gasteiger charge is 2.07. The zero-order chi connectivity index (χ0) is 13.1. The maximum atomic E-state index is 4.37. The molecule has 0 aromatic carbocycles. The summed E-state index contributed by atoms with van der Waals surface area (Å²) in [5, 5.41) is 12.3. The van der Waals surface area contributed by atoms with Crippen LogP contribution >= 0.6 is 23.1 Å². The standard InChI is InChI=1S/C12H13N5S2/c1-2-13-11-15-16-12(19-11)18-8-9-7-14-10-5-3-4-6-17(9)10/h3-7H,2,8H2,1H3,(H,13,15). The van der Waals surface area contributed by atoms with Crippen LogP contribution in [0.1, 0.15) is 12.6 Å². The van der Waals surface area contributed by atoms with Gasteiger partial charge in [-0.2, -0.15) is 0 Å². The minimum Gasteiger partial charge on any atom is -0.360 e. The van der Waals surface area contributed by atoms with E-state index in [1.165, 1.54) is 5.69 Å². The summed E-state index contributed by atoms with van der Waals surface area (Å²) in [5.41, 5.74) is 2.14. The van der Waals surface area contributed by atoms with Gasteiger partial charge in [-0.15, -0.1) is 10.2 Å². The number of aromatic nitrogens is 4. The lowest BCUT2D eigenvalue weighted by Gasteiger charge is -1.98. The molecule has 3 aromatic rings. The van der Waals surface area contributed by atoms with E-state index in [2.05, 4.69) is 24.9 Å². The van der Waals surface area contributed by atoms with E-state index in [0.717, 1.165) is 27.4 Å². The van der Waals surface area contributed by atoms with Gasteiger partial charge < -0.3 is 9.72 Å². The molecule has 98 valence electrons. The SMILES string of the molecule is CCNc1nnc(SCc2cnc3ccccn23)s1. The molecule has 0 radical (unpaired) electrons. The number of nitrogens with one attached hydrogen (secondary N) is 1.